The van der Waals surface area contributed by atoms with Gasteiger partial charge in [-0.3, -0.25) is 9.69 Å². The number of nitrogens with zero attached hydrogens (tertiary/aromatic N) is 2. The van der Waals surface area contributed by atoms with Crippen LogP contribution in [0.5, 0.6) is 0 Å². The predicted molar refractivity (Wildman–Crippen MR) is 103 cm³/mol. The fourth-order valence-electron chi connectivity index (χ4n) is 3.06. The molecule has 2 N–H and O–H groups in total. The lowest BCUT2D eigenvalue weighted by atomic mass is 10.2. The zero-order valence-corrected chi connectivity index (χ0v) is 15.2. The Hall–Kier alpha value is -2.93. The lowest BCUT2D eigenvalue weighted by Crippen LogP contribution is -2.49. The second-order valence-corrected chi connectivity index (χ2v) is 6.55. The first-order valence-electron chi connectivity index (χ1n) is 8.90. The lowest BCUT2D eigenvalue weighted by Gasteiger charge is -2.34. The first-order chi connectivity index (χ1) is 13.0. The minimum absolute atomic E-state index is 0.163. The van der Waals surface area contributed by atoms with E-state index in [1.165, 1.54) is 13.0 Å². The molecule has 0 radical (unpaired) electrons. The minimum atomic E-state index is -0.197. The van der Waals surface area contributed by atoms with Crippen molar-refractivity contribution in [3.05, 3.63) is 59.9 Å². The quantitative estimate of drug-likeness (QED) is 0.869. The summed E-state index contributed by atoms with van der Waals surface area (Å²) in [6.45, 7) is 4.51. The van der Waals surface area contributed by atoms with Gasteiger partial charge in [-0.25, -0.2) is 9.18 Å². The van der Waals surface area contributed by atoms with E-state index in [4.69, 9.17) is 0 Å². The molecule has 7 heteroatoms. The standard InChI is InChI=1S/C20H23FN4O2/c1-15(26)22-17-6-4-7-18(13-17)23-20(27)25-11-9-24(10-12-25)14-16-5-2-3-8-19(16)21/h2-8,13H,9-12,14H2,1H3,(H,22,26)(H,23,27). The topological polar surface area (TPSA) is 64.7 Å². The van der Waals surface area contributed by atoms with Gasteiger partial charge in [0, 0.05) is 56.6 Å². The van der Waals surface area contributed by atoms with Crippen molar-refractivity contribution < 1.29 is 14.0 Å². The van der Waals surface area contributed by atoms with E-state index in [9.17, 15) is 14.0 Å². The van der Waals surface area contributed by atoms with E-state index >= 15 is 0 Å². The summed E-state index contributed by atoms with van der Waals surface area (Å²) in [5, 5.41) is 5.55. The third-order valence-corrected chi connectivity index (χ3v) is 4.45. The van der Waals surface area contributed by atoms with E-state index in [0.29, 0.717) is 49.7 Å². The molecule has 2 aromatic rings. The van der Waals surface area contributed by atoms with E-state index in [1.807, 2.05) is 6.07 Å². The molecule has 0 spiro atoms. The molecule has 0 aromatic heterocycles. The fraction of sp³-hybridized carbons (Fsp3) is 0.300. The molecule has 0 saturated carbocycles. The number of rotatable bonds is 4. The lowest BCUT2D eigenvalue weighted by molar-refractivity contribution is -0.114. The van der Waals surface area contributed by atoms with Crippen molar-refractivity contribution in [1.82, 2.24) is 9.80 Å². The van der Waals surface area contributed by atoms with Gasteiger partial charge in [0.2, 0.25) is 5.91 Å². The van der Waals surface area contributed by atoms with Gasteiger partial charge in [0.1, 0.15) is 5.82 Å². The molecule has 0 atom stereocenters. The van der Waals surface area contributed by atoms with Gasteiger partial charge in [0.25, 0.3) is 0 Å². The third kappa shape index (κ3) is 5.27. The van der Waals surface area contributed by atoms with Gasteiger partial charge in [-0.15, -0.1) is 0 Å². The summed E-state index contributed by atoms with van der Waals surface area (Å²) in [5.74, 6) is -0.360. The highest BCUT2D eigenvalue weighted by molar-refractivity contribution is 5.92. The Morgan fingerprint density at radius 1 is 0.963 bits per heavy atom. The first-order valence-corrected chi connectivity index (χ1v) is 8.90. The number of hydrogen-bond acceptors (Lipinski definition) is 3. The van der Waals surface area contributed by atoms with Crippen LogP contribution in [0.3, 0.4) is 0 Å². The summed E-state index contributed by atoms with van der Waals surface area (Å²) in [6.07, 6.45) is 0. The molecule has 3 rings (SSSR count). The Morgan fingerprint density at radius 2 is 1.63 bits per heavy atom. The highest BCUT2D eigenvalue weighted by Crippen LogP contribution is 2.17. The maximum absolute atomic E-state index is 13.8. The van der Waals surface area contributed by atoms with E-state index in [0.717, 1.165) is 0 Å². The first kappa shape index (κ1) is 18.8. The summed E-state index contributed by atoms with van der Waals surface area (Å²) in [5.41, 5.74) is 1.93. The number of anilines is 2. The van der Waals surface area contributed by atoms with Gasteiger partial charge >= 0.3 is 6.03 Å². The molecule has 6 nitrogen and oxygen atoms in total. The van der Waals surface area contributed by atoms with Crippen LogP contribution in [0.25, 0.3) is 0 Å². The second kappa shape index (κ2) is 8.64. The van der Waals surface area contributed by atoms with Crippen LogP contribution in [-0.4, -0.2) is 47.9 Å². The van der Waals surface area contributed by atoms with E-state index in [2.05, 4.69) is 15.5 Å². The average Bonchev–Trinajstić information content (AvgIpc) is 2.64. The summed E-state index contributed by atoms with van der Waals surface area (Å²) < 4.78 is 13.8. The maximum atomic E-state index is 13.8. The van der Waals surface area contributed by atoms with Crippen LogP contribution in [0.4, 0.5) is 20.6 Å². The normalized spacial score (nSPS) is 14.7. The van der Waals surface area contributed by atoms with Crippen molar-refractivity contribution in [2.45, 2.75) is 13.5 Å². The van der Waals surface area contributed by atoms with Crippen molar-refractivity contribution >= 4 is 23.3 Å². The van der Waals surface area contributed by atoms with Crippen LogP contribution in [0, 0.1) is 5.82 Å². The number of urea groups is 1. The molecule has 1 aliphatic rings. The molecule has 0 bridgehead atoms. The van der Waals surface area contributed by atoms with Crippen molar-refractivity contribution in [3.8, 4) is 0 Å². The largest absolute Gasteiger partial charge is 0.326 e. The fourth-order valence-corrected chi connectivity index (χ4v) is 3.06. The molecule has 3 amide bonds. The van der Waals surface area contributed by atoms with Gasteiger partial charge in [0.15, 0.2) is 0 Å². The number of hydrogen-bond donors (Lipinski definition) is 2. The SMILES string of the molecule is CC(=O)Nc1cccc(NC(=O)N2CCN(Cc3ccccc3F)CC2)c1. The van der Waals surface area contributed by atoms with Gasteiger partial charge < -0.3 is 15.5 Å². The number of nitrogens with one attached hydrogen (secondary N) is 2. The van der Waals surface area contributed by atoms with E-state index in [1.54, 1.807) is 41.3 Å². The Balaban J connectivity index is 1.51. The van der Waals surface area contributed by atoms with Crippen LogP contribution in [0.2, 0.25) is 0 Å². The minimum Gasteiger partial charge on any atom is -0.326 e. The molecular formula is C20H23FN4O2. The molecule has 1 aliphatic heterocycles. The highest BCUT2D eigenvalue weighted by Gasteiger charge is 2.21. The number of carbonyl (C=O) groups is 2. The van der Waals surface area contributed by atoms with Crippen molar-refractivity contribution in [2.75, 3.05) is 36.8 Å². The van der Waals surface area contributed by atoms with Gasteiger partial charge in [-0.2, -0.15) is 0 Å². The molecule has 1 fully saturated rings. The van der Waals surface area contributed by atoms with Crippen molar-refractivity contribution in [3.63, 3.8) is 0 Å². The molecule has 1 saturated heterocycles. The zero-order valence-electron chi connectivity index (χ0n) is 15.2. The molecule has 1 heterocycles. The molecule has 142 valence electrons. The summed E-state index contributed by atoms with van der Waals surface area (Å²) >= 11 is 0. The molecule has 2 aromatic carbocycles. The monoisotopic (exact) mass is 370 g/mol. The van der Waals surface area contributed by atoms with Crippen molar-refractivity contribution in [2.24, 2.45) is 0 Å². The van der Waals surface area contributed by atoms with E-state index < -0.39 is 0 Å². The van der Waals surface area contributed by atoms with Crippen LogP contribution >= 0.6 is 0 Å². The second-order valence-electron chi connectivity index (χ2n) is 6.55. The Kier molecular flexibility index (Phi) is 6.03. The molecule has 27 heavy (non-hydrogen) atoms. The van der Waals surface area contributed by atoms with E-state index in [-0.39, 0.29) is 17.8 Å². The summed E-state index contributed by atoms with van der Waals surface area (Å²) in [4.78, 5) is 27.5. The molecule has 0 aliphatic carbocycles. The Bertz CT molecular complexity index is 819. The van der Waals surface area contributed by atoms with Gasteiger partial charge in [0.05, 0.1) is 0 Å². The third-order valence-electron chi connectivity index (χ3n) is 4.45. The average molecular weight is 370 g/mol. The van der Waals surface area contributed by atoms with Crippen LogP contribution in [-0.2, 0) is 11.3 Å². The maximum Gasteiger partial charge on any atom is 0.321 e. The predicted octanol–water partition coefficient (Wildman–Crippen LogP) is 3.13. The summed E-state index contributed by atoms with van der Waals surface area (Å²) in [7, 11) is 0. The zero-order chi connectivity index (χ0) is 19.2. The molecular weight excluding hydrogens is 347 g/mol. The number of amides is 3. The smallest absolute Gasteiger partial charge is 0.321 e. The van der Waals surface area contributed by atoms with Gasteiger partial charge in [-0.05, 0) is 24.3 Å². The van der Waals surface area contributed by atoms with Gasteiger partial charge in [-0.1, -0.05) is 24.3 Å². The summed E-state index contributed by atoms with van der Waals surface area (Å²) in [6, 6.07) is 13.6. The van der Waals surface area contributed by atoms with Crippen LogP contribution in [0.1, 0.15) is 12.5 Å². The number of piperazine rings is 1. The van der Waals surface area contributed by atoms with Crippen LogP contribution < -0.4 is 10.6 Å². The highest BCUT2D eigenvalue weighted by atomic mass is 19.1. The van der Waals surface area contributed by atoms with Crippen molar-refractivity contribution in [1.29, 1.82) is 0 Å². The Labute approximate surface area is 158 Å². The molecule has 0 unspecified atom stereocenters. The Morgan fingerprint density at radius 3 is 2.30 bits per heavy atom. The number of carbonyl (C=O) groups excluding carboxylic acids is 2. The number of halogens is 1. The van der Waals surface area contributed by atoms with Crippen LogP contribution in [0.15, 0.2) is 48.5 Å². The number of benzene rings is 2.